The van der Waals surface area contributed by atoms with Crippen LogP contribution in [0.4, 0.5) is 5.69 Å². The average molecular weight is 264 g/mol. The number of aryl methyl sites for hydroxylation is 2. The Hall–Kier alpha value is -1.13. The predicted molar refractivity (Wildman–Crippen MR) is 80.3 cm³/mol. The minimum absolute atomic E-state index is 0.854. The van der Waals surface area contributed by atoms with Crippen LogP contribution in [-0.4, -0.2) is 43.2 Å². The molecule has 0 spiro atoms. The smallest absolute Gasteiger partial charge is 0.173 e. The Balaban J connectivity index is 1.98. The first-order valence-corrected chi connectivity index (χ1v) is 6.91. The van der Waals surface area contributed by atoms with E-state index >= 15 is 0 Å². The molecule has 1 aliphatic rings. The Morgan fingerprint density at radius 3 is 2.28 bits per heavy atom. The minimum atomic E-state index is 0.854. The summed E-state index contributed by atoms with van der Waals surface area (Å²) in [5.41, 5.74) is 3.63. The first-order valence-electron chi connectivity index (χ1n) is 6.50. The summed E-state index contributed by atoms with van der Waals surface area (Å²) >= 11 is 5.49. The quantitative estimate of drug-likeness (QED) is 0.733. The number of rotatable bonds is 1. The van der Waals surface area contributed by atoms with Crippen molar-refractivity contribution in [3.8, 4) is 0 Å². The molecule has 1 saturated heterocycles. The number of hydrogen-bond acceptors (Lipinski definition) is 1. The van der Waals surface area contributed by atoms with Gasteiger partial charge in [-0.3, -0.25) is 0 Å². The number of likely N-dealkylation sites (N-methyl/N-ethyl adjacent to an activating group) is 1. The first-order chi connectivity index (χ1) is 8.54. The van der Waals surface area contributed by atoms with Crippen LogP contribution in [0.15, 0.2) is 18.2 Å². The Morgan fingerprint density at radius 2 is 1.72 bits per heavy atom. The standard InChI is InChI=1S/C14H21N3S/c1-11-8-12(2)10-13(9-11)15-14(18)17-6-4-16(3)5-7-17/h8-10H,4-7H2,1-3H3,(H,15,18)/p+1. The maximum Gasteiger partial charge on any atom is 0.173 e. The number of piperazine rings is 1. The van der Waals surface area contributed by atoms with E-state index in [1.54, 1.807) is 4.90 Å². The van der Waals surface area contributed by atoms with Crippen molar-refractivity contribution in [3.63, 3.8) is 0 Å². The Morgan fingerprint density at radius 1 is 1.17 bits per heavy atom. The molecule has 2 rings (SSSR count). The third kappa shape index (κ3) is 3.43. The van der Waals surface area contributed by atoms with Gasteiger partial charge in [0.25, 0.3) is 0 Å². The van der Waals surface area contributed by atoms with E-state index in [9.17, 15) is 0 Å². The number of quaternary nitrogens is 1. The third-order valence-corrected chi connectivity index (χ3v) is 3.74. The van der Waals surface area contributed by atoms with Gasteiger partial charge in [0.1, 0.15) is 0 Å². The summed E-state index contributed by atoms with van der Waals surface area (Å²) in [5.74, 6) is 0. The highest BCUT2D eigenvalue weighted by atomic mass is 32.1. The largest absolute Gasteiger partial charge is 0.338 e. The lowest BCUT2D eigenvalue weighted by atomic mass is 10.1. The lowest BCUT2D eigenvalue weighted by Gasteiger charge is -2.32. The highest BCUT2D eigenvalue weighted by molar-refractivity contribution is 7.80. The maximum absolute atomic E-state index is 5.49. The van der Waals surface area contributed by atoms with Crippen LogP contribution in [0.2, 0.25) is 0 Å². The van der Waals surface area contributed by atoms with Crippen LogP contribution in [0.25, 0.3) is 0 Å². The molecule has 0 atom stereocenters. The van der Waals surface area contributed by atoms with E-state index in [4.69, 9.17) is 12.2 Å². The second-order valence-electron chi connectivity index (χ2n) is 5.25. The molecule has 1 aromatic rings. The van der Waals surface area contributed by atoms with Gasteiger partial charge in [-0.15, -0.1) is 0 Å². The van der Waals surface area contributed by atoms with Gasteiger partial charge in [0.15, 0.2) is 5.11 Å². The maximum atomic E-state index is 5.49. The summed E-state index contributed by atoms with van der Waals surface area (Å²) in [6, 6.07) is 6.45. The second kappa shape index (κ2) is 5.67. The molecule has 0 bridgehead atoms. The molecule has 3 nitrogen and oxygen atoms in total. The number of hydrogen-bond donors (Lipinski definition) is 2. The zero-order chi connectivity index (χ0) is 13.1. The lowest BCUT2D eigenvalue weighted by Crippen LogP contribution is -3.12. The van der Waals surface area contributed by atoms with Gasteiger partial charge in [-0.1, -0.05) is 6.07 Å². The van der Waals surface area contributed by atoms with Crippen LogP contribution in [0.3, 0.4) is 0 Å². The minimum Gasteiger partial charge on any atom is -0.338 e. The van der Waals surface area contributed by atoms with Crippen molar-refractivity contribution in [1.29, 1.82) is 0 Å². The van der Waals surface area contributed by atoms with Crippen molar-refractivity contribution in [2.75, 3.05) is 38.5 Å². The third-order valence-electron chi connectivity index (χ3n) is 3.38. The number of nitrogens with zero attached hydrogens (tertiary/aromatic N) is 1. The Labute approximate surface area is 115 Å². The van der Waals surface area contributed by atoms with E-state index in [-0.39, 0.29) is 0 Å². The van der Waals surface area contributed by atoms with Crippen molar-refractivity contribution in [2.45, 2.75) is 13.8 Å². The van der Waals surface area contributed by atoms with E-state index in [1.807, 2.05) is 0 Å². The molecule has 0 aliphatic carbocycles. The van der Waals surface area contributed by atoms with Gasteiger partial charge in [0, 0.05) is 5.69 Å². The predicted octanol–water partition coefficient (Wildman–Crippen LogP) is 0.831. The molecule has 4 heteroatoms. The van der Waals surface area contributed by atoms with Crippen LogP contribution in [-0.2, 0) is 0 Å². The SMILES string of the molecule is Cc1cc(C)cc(NC(=S)N2CC[NH+](C)CC2)c1. The summed E-state index contributed by atoms with van der Waals surface area (Å²) < 4.78 is 0. The average Bonchev–Trinajstić information content (AvgIpc) is 2.28. The van der Waals surface area contributed by atoms with E-state index in [0.29, 0.717) is 0 Å². The summed E-state index contributed by atoms with van der Waals surface area (Å²) in [5, 5.41) is 4.21. The highest BCUT2D eigenvalue weighted by Gasteiger charge is 2.18. The molecular formula is C14H22N3S+. The van der Waals surface area contributed by atoms with Crippen molar-refractivity contribution in [3.05, 3.63) is 29.3 Å². The van der Waals surface area contributed by atoms with Crippen LogP contribution >= 0.6 is 12.2 Å². The second-order valence-corrected chi connectivity index (χ2v) is 5.64. The van der Waals surface area contributed by atoms with E-state index in [0.717, 1.165) is 37.0 Å². The van der Waals surface area contributed by atoms with Gasteiger partial charge in [-0.25, -0.2) is 0 Å². The number of anilines is 1. The van der Waals surface area contributed by atoms with Crippen LogP contribution in [0.1, 0.15) is 11.1 Å². The van der Waals surface area contributed by atoms with Crippen LogP contribution in [0, 0.1) is 13.8 Å². The topological polar surface area (TPSA) is 19.7 Å². The molecule has 1 aliphatic heterocycles. The first kappa shape index (κ1) is 13.3. The van der Waals surface area contributed by atoms with Crippen molar-refractivity contribution >= 4 is 23.0 Å². The van der Waals surface area contributed by atoms with Crippen molar-refractivity contribution in [1.82, 2.24) is 4.90 Å². The van der Waals surface area contributed by atoms with Gasteiger partial charge in [-0.2, -0.15) is 0 Å². The van der Waals surface area contributed by atoms with E-state index < -0.39 is 0 Å². The van der Waals surface area contributed by atoms with Crippen molar-refractivity contribution in [2.24, 2.45) is 0 Å². The molecule has 1 aromatic carbocycles. The lowest BCUT2D eigenvalue weighted by molar-refractivity contribution is -0.883. The van der Waals surface area contributed by atoms with Crippen LogP contribution < -0.4 is 10.2 Å². The highest BCUT2D eigenvalue weighted by Crippen LogP contribution is 2.14. The van der Waals surface area contributed by atoms with Crippen molar-refractivity contribution < 1.29 is 4.90 Å². The zero-order valence-electron chi connectivity index (χ0n) is 11.4. The van der Waals surface area contributed by atoms with Gasteiger partial charge < -0.3 is 15.1 Å². The Kier molecular flexibility index (Phi) is 4.19. The number of nitrogens with one attached hydrogen (secondary N) is 2. The molecule has 0 aromatic heterocycles. The van der Waals surface area contributed by atoms with Crippen LogP contribution in [0.5, 0.6) is 0 Å². The molecule has 0 saturated carbocycles. The summed E-state index contributed by atoms with van der Waals surface area (Å²) in [4.78, 5) is 3.85. The molecule has 1 heterocycles. The molecule has 1 fully saturated rings. The Bertz CT molecular complexity index is 416. The number of thiocarbonyl (C=S) groups is 1. The van der Waals surface area contributed by atoms with Gasteiger partial charge in [0.05, 0.1) is 33.2 Å². The molecule has 0 amide bonds. The van der Waals surface area contributed by atoms with E-state index in [1.165, 1.54) is 11.1 Å². The fourth-order valence-electron chi connectivity index (χ4n) is 2.34. The fraction of sp³-hybridized carbons (Fsp3) is 0.500. The molecule has 98 valence electrons. The van der Waals surface area contributed by atoms with Gasteiger partial charge in [0.2, 0.25) is 0 Å². The molecular weight excluding hydrogens is 242 g/mol. The van der Waals surface area contributed by atoms with E-state index in [2.05, 4.69) is 49.3 Å². The van der Waals surface area contributed by atoms with Gasteiger partial charge >= 0.3 is 0 Å². The molecule has 18 heavy (non-hydrogen) atoms. The molecule has 0 radical (unpaired) electrons. The fourth-order valence-corrected chi connectivity index (χ4v) is 2.64. The number of benzene rings is 1. The zero-order valence-corrected chi connectivity index (χ0v) is 12.2. The summed E-state index contributed by atoms with van der Waals surface area (Å²) in [6.45, 7) is 8.63. The molecule has 0 unspecified atom stereocenters. The monoisotopic (exact) mass is 264 g/mol. The normalized spacial score (nSPS) is 16.7. The summed E-state index contributed by atoms with van der Waals surface area (Å²) in [7, 11) is 2.23. The molecule has 2 N–H and O–H groups in total. The van der Waals surface area contributed by atoms with Gasteiger partial charge in [-0.05, 0) is 49.3 Å². The summed E-state index contributed by atoms with van der Waals surface area (Å²) in [6.07, 6.45) is 0.